The van der Waals surface area contributed by atoms with Crippen LogP contribution in [0, 0.1) is 0 Å². The Morgan fingerprint density at radius 3 is 2.48 bits per heavy atom. The fourth-order valence-electron chi connectivity index (χ4n) is 3.81. The lowest BCUT2D eigenvalue weighted by Gasteiger charge is -2.15. The van der Waals surface area contributed by atoms with Crippen molar-refractivity contribution in [3.05, 3.63) is 77.3 Å². The van der Waals surface area contributed by atoms with Crippen LogP contribution in [-0.2, 0) is 10.0 Å². The molecule has 1 saturated heterocycles. The number of benzene rings is 3. The van der Waals surface area contributed by atoms with Crippen LogP contribution in [0.1, 0.15) is 23.2 Å². The van der Waals surface area contributed by atoms with E-state index in [0.29, 0.717) is 46.4 Å². The Kier molecular flexibility index (Phi) is 5.65. The summed E-state index contributed by atoms with van der Waals surface area (Å²) in [4.78, 5) is 17.4. The van der Waals surface area contributed by atoms with E-state index in [0.717, 1.165) is 18.4 Å². The van der Waals surface area contributed by atoms with E-state index in [4.69, 9.17) is 16.0 Å². The summed E-state index contributed by atoms with van der Waals surface area (Å²) in [6.07, 6.45) is 1.74. The molecular formula is C24H20ClN3O4S. The van der Waals surface area contributed by atoms with Crippen LogP contribution in [0.25, 0.3) is 22.6 Å². The number of hydrogen-bond acceptors (Lipinski definition) is 5. The molecule has 1 aliphatic heterocycles. The Bertz CT molecular complexity index is 1440. The van der Waals surface area contributed by atoms with Gasteiger partial charge in [-0.1, -0.05) is 17.7 Å². The number of nitrogens with zero attached hydrogens (tertiary/aromatic N) is 2. The molecule has 4 aromatic rings. The Hall–Kier alpha value is -3.20. The molecule has 0 spiro atoms. The van der Waals surface area contributed by atoms with Crippen molar-refractivity contribution in [1.82, 2.24) is 9.29 Å². The number of hydrogen-bond donors (Lipinski definition) is 1. The number of amides is 1. The number of aromatic nitrogens is 1. The quantitative estimate of drug-likeness (QED) is 0.423. The Morgan fingerprint density at radius 1 is 1.00 bits per heavy atom. The van der Waals surface area contributed by atoms with Gasteiger partial charge < -0.3 is 9.73 Å². The molecule has 0 aliphatic carbocycles. The second-order valence-corrected chi connectivity index (χ2v) is 10.2. The zero-order chi connectivity index (χ0) is 23.0. The van der Waals surface area contributed by atoms with Crippen LogP contribution in [0.15, 0.2) is 76.0 Å². The summed E-state index contributed by atoms with van der Waals surface area (Å²) >= 11 is 6.05. The highest BCUT2D eigenvalue weighted by molar-refractivity contribution is 7.89. The predicted molar refractivity (Wildman–Crippen MR) is 127 cm³/mol. The SMILES string of the molecule is O=C(Nc1ccc2oc(-c3cccc(Cl)c3)nc2c1)c1ccc(S(=O)(=O)N2CCCC2)cc1. The summed E-state index contributed by atoms with van der Waals surface area (Å²) in [7, 11) is -3.51. The third kappa shape index (κ3) is 4.37. The third-order valence-corrected chi connectivity index (χ3v) is 7.68. The molecule has 1 fully saturated rings. The van der Waals surface area contributed by atoms with Gasteiger partial charge in [0.25, 0.3) is 5.91 Å². The number of anilines is 1. The van der Waals surface area contributed by atoms with Gasteiger partial charge in [-0.2, -0.15) is 4.31 Å². The highest BCUT2D eigenvalue weighted by Gasteiger charge is 2.27. The van der Waals surface area contributed by atoms with Crippen molar-refractivity contribution in [2.75, 3.05) is 18.4 Å². The maximum Gasteiger partial charge on any atom is 0.255 e. The number of carbonyl (C=O) groups excluding carboxylic acids is 1. The zero-order valence-electron chi connectivity index (χ0n) is 17.5. The van der Waals surface area contributed by atoms with Gasteiger partial charge in [0.2, 0.25) is 15.9 Å². The van der Waals surface area contributed by atoms with Crippen LogP contribution in [0.2, 0.25) is 5.02 Å². The molecule has 5 rings (SSSR count). The summed E-state index contributed by atoms with van der Waals surface area (Å²) in [6, 6.07) is 18.4. The molecule has 0 unspecified atom stereocenters. The summed E-state index contributed by atoms with van der Waals surface area (Å²) in [6.45, 7) is 1.07. The van der Waals surface area contributed by atoms with E-state index in [-0.39, 0.29) is 10.8 Å². The van der Waals surface area contributed by atoms with Crippen molar-refractivity contribution in [3.63, 3.8) is 0 Å². The van der Waals surface area contributed by atoms with E-state index in [1.54, 1.807) is 30.3 Å². The summed E-state index contributed by atoms with van der Waals surface area (Å²) in [5, 5.41) is 3.41. The molecular weight excluding hydrogens is 462 g/mol. The van der Waals surface area contributed by atoms with Crippen molar-refractivity contribution in [2.45, 2.75) is 17.7 Å². The topological polar surface area (TPSA) is 92.5 Å². The van der Waals surface area contributed by atoms with E-state index < -0.39 is 10.0 Å². The van der Waals surface area contributed by atoms with E-state index in [1.807, 2.05) is 12.1 Å². The van der Waals surface area contributed by atoms with Gasteiger partial charge >= 0.3 is 0 Å². The molecule has 7 nitrogen and oxygen atoms in total. The van der Waals surface area contributed by atoms with Gasteiger partial charge in [0, 0.05) is 34.9 Å². The number of oxazole rings is 1. The summed E-state index contributed by atoms with van der Waals surface area (Å²) in [5.74, 6) is 0.0869. The second-order valence-electron chi connectivity index (χ2n) is 7.80. The lowest BCUT2D eigenvalue weighted by atomic mass is 10.2. The molecule has 168 valence electrons. The first-order chi connectivity index (χ1) is 15.9. The Balaban J connectivity index is 1.33. The van der Waals surface area contributed by atoms with Gasteiger partial charge in [-0.15, -0.1) is 0 Å². The lowest BCUT2D eigenvalue weighted by Crippen LogP contribution is -2.27. The third-order valence-electron chi connectivity index (χ3n) is 5.54. The minimum absolute atomic E-state index is 0.193. The van der Waals surface area contributed by atoms with Crippen LogP contribution >= 0.6 is 11.6 Å². The van der Waals surface area contributed by atoms with Gasteiger partial charge in [0.15, 0.2) is 5.58 Å². The zero-order valence-corrected chi connectivity index (χ0v) is 19.1. The molecule has 33 heavy (non-hydrogen) atoms. The van der Waals surface area contributed by atoms with Crippen molar-refractivity contribution in [3.8, 4) is 11.5 Å². The first-order valence-electron chi connectivity index (χ1n) is 10.5. The maximum atomic E-state index is 12.7. The molecule has 1 aliphatic rings. The van der Waals surface area contributed by atoms with Crippen molar-refractivity contribution < 1.29 is 17.6 Å². The predicted octanol–water partition coefficient (Wildman–Crippen LogP) is 5.19. The minimum atomic E-state index is -3.51. The van der Waals surface area contributed by atoms with Gasteiger partial charge in [-0.05, 0) is 73.5 Å². The van der Waals surface area contributed by atoms with Crippen molar-refractivity contribution >= 4 is 44.3 Å². The number of halogens is 1. The average Bonchev–Trinajstić information content (AvgIpc) is 3.49. The number of nitrogens with one attached hydrogen (secondary N) is 1. The number of rotatable bonds is 5. The molecule has 0 bridgehead atoms. The number of carbonyl (C=O) groups is 1. The molecule has 1 amide bonds. The normalized spacial score (nSPS) is 14.6. The van der Waals surface area contributed by atoms with E-state index in [9.17, 15) is 13.2 Å². The molecule has 9 heteroatoms. The average molecular weight is 482 g/mol. The molecule has 0 radical (unpaired) electrons. The Morgan fingerprint density at radius 2 is 1.76 bits per heavy atom. The number of fused-ring (bicyclic) bond motifs is 1. The van der Waals surface area contributed by atoms with Crippen molar-refractivity contribution in [1.29, 1.82) is 0 Å². The first kappa shape index (κ1) is 21.6. The standard InChI is InChI=1S/C24H20ClN3O4S/c25-18-5-3-4-17(14-18)24-27-21-15-19(8-11-22(21)32-24)26-23(29)16-6-9-20(10-7-16)33(30,31)28-12-1-2-13-28/h3-11,14-15H,1-2,12-13H2,(H,26,29). The van der Waals surface area contributed by atoms with Gasteiger partial charge in [-0.3, -0.25) is 4.79 Å². The highest BCUT2D eigenvalue weighted by Crippen LogP contribution is 2.28. The van der Waals surface area contributed by atoms with Crippen LogP contribution in [0.3, 0.4) is 0 Å². The summed E-state index contributed by atoms with van der Waals surface area (Å²) < 4.78 is 32.6. The summed E-state index contributed by atoms with van der Waals surface area (Å²) in [5.41, 5.74) is 2.84. The van der Waals surface area contributed by atoms with Crippen LogP contribution in [0.4, 0.5) is 5.69 Å². The molecule has 0 saturated carbocycles. The molecule has 2 heterocycles. The Labute approximate surface area is 196 Å². The van der Waals surface area contributed by atoms with Crippen LogP contribution < -0.4 is 5.32 Å². The fraction of sp³-hybridized carbons (Fsp3) is 0.167. The van der Waals surface area contributed by atoms with Crippen LogP contribution in [-0.4, -0.2) is 36.7 Å². The van der Waals surface area contributed by atoms with Crippen molar-refractivity contribution in [2.24, 2.45) is 0 Å². The highest BCUT2D eigenvalue weighted by atomic mass is 35.5. The van der Waals surface area contributed by atoms with E-state index >= 15 is 0 Å². The van der Waals surface area contributed by atoms with Gasteiger partial charge in [-0.25, -0.2) is 13.4 Å². The minimum Gasteiger partial charge on any atom is -0.436 e. The van der Waals surface area contributed by atoms with Crippen LogP contribution in [0.5, 0.6) is 0 Å². The van der Waals surface area contributed by atoms with Gasteiger partial charge in [0.05, 0.1) is 4.90 Å². The largest absolute Gasteiger partial charge is 0.436 e. The molecule has 1 aromatic heterocycles. The van der Waals surface area contributed by atoms with E-state index in [1.165, 1.54) is 28.6 Å². The second kappa shape index (κ2) is 8.62. The molecule has 1 N–H and O–H groups in total. The monoisotopic (exact) mass is 481 g/mol. The van der Waals surface area contributed by atoms with Gasteiger partial charge in [0.1, 0.15) is 5.52 Å². The maximum absolute atomic E-state index is 12.7. The molecule has 0 atom stereocenters. The molecule has 3 aromatic carbocycles. The fourth-order valence-corrected chi connectivity index (χ4v) is 5.52. The smallest absolute Gasteiger partial charge is 0.255 e. The van der Waals surface area contributed by atoms with E-state index in [2.05, 4.69) is 10.3 Å². The lowest BCUT2D eigenvalue weighted by molar-refractivity contribution is 0.102. The number of sulfonamides is 1. The first-order valence-corrected chi connectivity index (χ1v) is 12.3.